The van der Waals surface area contributed by atoms with Gasteiger partial charge in [-0.05, 0) is 24.3 Å². The number of fused-ring (bicyclic) bond motifs is 1. The average molecular weight is 399 g/mol. The summed E-state index contributed by atoms with van der Waals surface area (Å²) in [6.45, 7) is 9.60. The fraction of sp³-hybridized carbons (Fsp3) is 0.545. The summed E-state index contributed by atoms with van der Waals surface area (Å²) >= 11 is 0. The first kappa shape index (κ1) is 21.0. The predicted molar refractivity (Wildman–Crippen MR) is 108 cm³/mol. The van der Waals surface area contributed by atoms with Crippen LogP contribution in [0.1, 0.15) is 47.5 Å². The van der Waals surface area contributed by atoms with Crippen LogP contribution < -0.4 is 10.6 Å². The number of urea groups is 1. The van der Waals surface area contributed by atoms with Crippen LogP contribution in [0.4, 0.5) is 4.79 Å². The molecule has 0 radical (unpaired) electrons. The van der Waals surface area contributed by atoms with Gasteiger partial charge in [-0.25, -0.2) is 4.79 Å². The van der Waals surface area contributed by atoms with Gasteiger partial charge < -0.3 is 10.6 Å². The van der Waals surface area contributed by atoms with Crippen molar-refractivity contribution >= 4 is 23.6 Å². The van der Waals surface area contributed by atoms with E-state index in [1.165, 1.54) is 17.1 Å². The lowest BCUT2D eigenvalue weighted by atomic mass is 9.80. The van der Waals surface area contributed by atoms with Crippen molar-refractivity contribution in [2.45, 2.75) is 59.0 Å². The van der Waals surface area contributed by atoms with Gasteiger partial charge in [-0.2, -0.15) is 0 Å². The molecule has 0 bridgehead atoms. The molecule has 4 unspecified atom stereocenters. The van der Waals surface area contributed by atoms with E-state index in [0.29, 0.717) is 12.1 Å². The maximum absolute atomic E-state index is 12.7. The Kier molecular flexibility index (Phi) is 5.28. The van der Waals surface area contributed by atoms with Crippen molar-refractivity contribution in [3.63, 3.8) is 0 Å². The fourth-order valence-electron chi connectivity index (χ4n) is 3.92. The van der Waals surface area contributed by atoms with Crippen molar-refractivity contribution < 1.29 is 19.2 Å². The van der Waals surface area contributed by atoms with Crippen molar-refractivity contribution in [3.8, 4) is 0 Å². The van der Waals surface area contributed by atoms with E-state index >= 15 is 0 Å². The lowest BCUT2D eigenvalue weighted by Gasteiger charge is -2.32. The highest BCUT2D eigenvalue weighted by Crippen LogP contribution is 2.53. The van der Waals surface area contributed by atoms with Gasteiger partial charge in [0, 0.05) is 29.7 Å². The van der Waals surface area contributed by atoms with Crippen LogP contribution in [0, 0.1) is 17.3 Å². The van der Waals surface area contributed by atoms with Crippen molar-refractivity contribution in [2.75, 3.05) is 0 Å². The largest absolute Gasteiger partial charge is 0.328 e. The quantitative estimate of drug-likeness (QED) is 0.671. The zero-order valence-electron chi connectivity index (χ0n) is 17.6. The molecule has 7 heteroatoms. The Bertz CT molecular complexity index is 831. The number of ketones is 1. The Morgan fingerprint density at radius 1 is 1.21 bits per heavy atom. The molecule has 29 heavy (non-hydrogen) atoms. The molecule has 3 rings (SSSR count). The second kappa shape index (κ2) is 7.28. The third-order valence-electron chi connectivity index (χ3n) is 5.97. The maximum Gasteiger partial charge on any atom is 0.319 e. The van der Waals surface area contributed by atoms with Crippen molar-refractivity contribution in [3.05, 3.63) is 36.1 Å². The molecule has 1 heterocycles. The standard InChI is InChI=1S/C22H29N3O4/c1-6-13(2)18(28)19(21(3,4)5)24-20(29)23-15-9-10-22(12-14(22)11-15)25-16(26)7-8-17(25)27/h7-11,13-14,19H,6,12H2,1-5H3,(H2,23,24,29). The third-order valence-corrected chi connectivity index (χ3v) is 5.97. The van der Waals surface area contributed by atoms with Gasteiger partial charge in [0.15, 0.2) is 5.78 Å². The first-order valence-electron chi connectivity index (χ1n) is 10.1. The van der Waals surface area contributed by atoms with Crippen LogP contribution in [0.5, 0.6) is 0 Å². The maximum atomic E-state index is 12.7. The number of carbonyl (C=O) groups is 4. The number of imide groups is 1. The van der Waals surface area contributed by atoms with E-state index in [1.807, 2.05) is 46.8 Å². The lowest BCUT2D eigenvalue weighted by Crippen LogP contribution is -2.53. The number of allylic oxidation sites excluding steroid dienone is 1. The molecular formula is C22H29N3O4. The number of nitrogens with one attached hydrogen (secondary N) is 2. The minimum absolute atomic E-state index is 0.0167. The van der Waals surface area contributed by atoms with Gasteiger partial charge in [-0.15, -0.1) is 0 Å². The van der Waals surface area contributed by atoms with Crippen LogP contribution in [0.2, 0.25) is 0 Å². The zero-order chi connectivity index (χ0) is 21.6. The van der Waals surface area contributed by atoms with Crippen LogP contribution in [0.3, 0.4) is 0 Å². The molecule has 156 valence electrons. The van der Waals surface area contributed by atoms with Crippen LogP contribution >= 0.6 is 0 Å². The van der Waals surface area contributed by atoms with Crippen LogP contribution in [0.25, 0.3) is 0 Å². The highest BCUT2D eigenvalue weighted by Gasteiger charge is 2.60. The van der Waals surface area contributed by atoms with Crippen molar-refractivity contribution in [2.24, 2.45) is 17.3 Å². The Morgan fingerprint density at radius 2 is 1.83 bits per heavy atom. The number of carbonyl (C=O) groups excluding carboxylic acids is 4. The number of hydrogen-bond acceptors (Lipinski definition) is 4. The summed E-state index contributed by atoms with van der Waals surface area (Å²) in [5.41, 5.74) is -0.430. The average Bonchev–Trinajstić information content (AvgIpc) is 3.26. The second-order valence-electron chi connectivity index (χ2n) is 9.21. The molecule has 3 aliphatic rings. The van der Waals surface area contributed by atoms with Gasteiger partial charge in [-0.3, -0.25) is 19.3 Å². The molecule has 0 aromatic rings. The van der Waals surface area contributed by atoms with Gasteiger partial charge in [0.2, 0.25) is 0 Å². The molecule has 1 aliphatic heterocycles. The molecule has 1 fully saturated rings. The number of rotatable bonds is 6. The Labute approximate surface area is 171 Å². The van der Waals surface area contributed by atoms with Gasteiger partial charge in [0.1, 0.15) is 0 Å². The topological polar surface area (TPSA) is 95.6 Å². The number of amides is 4. The first-order chi connectivity index (χ1) is 13.5. The predicted octanol–water partition coefficient (Wildman–Crippen LogP) is 2.45. The molecule has 1 saturated carbocycles. The highest BCUT2D eigenvalue weighted by atomic mass is 16.2. The first-order valence-corrected chi connectivity index (χ1v) is 10.1. The van der Waals surface area contributed by atoms with Crippen LogP contribution in [0.15, 0.2) is 36.1 Å². The molecule has 2 aliphatic carbocycles. The highest BCUT2D eigenvalue weighted by molar-refractivity contribution is 6.14. The van der Waals surface area contributed by atoms with Crippen LogP contribution in [-0.4, -0.2) is 40.1 Å². The summed E-state index contributed by atoms with van der Waals surface area (Å²) in [4.78, 5) is 50.5. The molecular weight excluding hydrogens is 370 g/mol. The van der Waals surface area contributed by atoms with E-state index in [9.17, 15) is 19.2 Å². The summed E-state index contributed by atoms with van der Waals surface area (Å²) in [5, 5.41) is 5.61. The molecule has 0 saturated heterocycles. The van der Waals surface area contributed by atoms with Crippen LogP contribution in [-0.2, 0) is 14.4 Å². The minimum atomic E-state index is -0.611. The van der Waals surface area contributed by atoms with E-state index in [2.05, 4.69) is 10.6 Å². The lowest BCUT2D eigenvalue weighted by molar-refractivity contribution is -0.139. The molecule has 2 N–H and O–H groups in total. The number of Topliss-reactive ketones (excluding diaryl/α,β-unsaturated/α-hetero) is 1. The van der Waals surface area contributed by atoms with E-state index in [0.717, 1.165) is 6.42 Å². The van der Waals surface area contributed by atoms with Gasteiger partial charge in [-0.1, -0.05) is 46.8 Å². The monoisotopic (exact) mass is 399 g/mol. The SMILES string of the molecule is CCC(C)C(=O)C(NC(=O)NC1=CC2CC2(N2C(=O)C=CC2=O)C=C1)C(C)(C)C. The molecule has 0 aromatic heterocycles. The Hall–Kier alpha value is -2.70. The summed E-state index contributed by atoms with van der Waals surface area (Å²) in [6.07, 6.45) is 9.31. The Morgan fingerprint density at radius 3 is 2.34 bits per heavy atom. The minimum Gasteiger partial charge on any atom is -0.328 e. The third kappa shape index (κ3) is 3.91. The van der Waals surface area contributed by atoms with Crippen molar-refractivity contribution in [1.29, 1.82) is 0 Å². The van der Waals surface area contributed by atoms with Gasteiger partial charge in [0.25, 0.3) is 11.8 Å². The number of hydrogen-bond donors (Lipinski definition) is 2. The normalized spacial score (nSPS) is 27.3. The zero-order valence-corrected chi connectivity index (χ0v) is 17.6. The fourth-order valence-corrected chi connectivity index (χ4v) is 3.92. The molecule has 0 spiro atoms. The van der Waals surface area contributed by atoms with E-state index in [1.54, 1.807) is 6.08 Å². The summed E-state index contributed by atoms with van der Waals surface area (Å²) in [5.74, 6) is -0.745. The van der Waals surface area contributed by atoms with E-state index in [-0.39, 0.29) is 29.4 Å². The van der Waals surface area contributed by atoms with E-state index < -0.39 is 23.0 Å². The van der Waals surface area contributed by atoms with Gasteiger partial charge in [0.05, 0.1) is 11.6 Å². The summed E-state index contributed by atoms with van der Waals surface area (Å²) in [6, 6.07) is -1.04. The smallest absolute Gasteiger partial charge is 0.319 e. The van der Waals surface area contributed by atoms with Gasteiger partial charge >= 0.3 is 6.03 Å². The molecule has 0 aromatic carbocycles. The number of nitrogens with zero attached hydrogens (tertiary/aromatic N) is 1. The summed E-state index contributed by atoms with van der Waals surface area (Å²) < 4.78 is 0. The Balaban J connectivity index is 1.64. The molecule has 4 amide bonds. The second-order valence-corrected chi connectivity index (χ2v) is 9.21. The van der Waals surface area contributed by atoms with Crippen molar-refractivity contribution in [1.82, 2.24) is 15.5 Å². The summed E-state index contributed by atoms with van der Waals surface area (Å²) in [7, 11) is 0. The van der Waals surface area contributed by atoms with E-state index in [4.69, 9.17) is 0 Å². The molecule has 4 atom stereocenters. The molecule has 7 nitrogen and oxygen atoms in total.